The Kier molecular flexibility index (Phi) is 6.52. The molecular weight excluding hydrogens is 326 g/mol. The van der Waals surface area contributed by atoms with Crippen LogP contribution < -0.4 is 10.6 Å². The number of aryl methyl sites for hydroxylation is 1. The standard InChI is InChI=1S/C17H22ClN5O/c1-12-5-6-13(9-14(12)18)22-17(24)15-10-16(21-11-20-15)19-7-4-8-23(2)3/h5-6,9-11H,4,7-8H2,1-3H3,(H,22,24)(H,19,20,21). The van der Waals surface area contributed by atoms with Gasteiger partial charge >= 0.3 is 0 Å². The van der Waals surface area contributed by atoms with Gasteiger partial charge in [0.1, 0.15) is 17.8 Å². The second kappa shape index (κ2) is 8.61. The van der Waals surface area contributed by atoms with E-state index in [1.807, 2.05) is 27.1 Å². The molecule has 128 valence electrons. The lowest BCUT2D eigenvalue weighted by molar-refractivity contribution is 0.102. The molecule has 1 aromatic heterocycles. The fraction of sp³-hybridized carbons (Fsp3) is 0.353. The first kappa shape index (κ1) is 18.2. The molecule has 0 radical (unpaired) electrons. The van der Waals surface area contributed by atoms with Gasteiger partial charge in [0.2, 0.25) is 0 Å². The van der Waals surface area contributed by atoms with Crippen LogP contribution in [0.3, 0.4) is 0 Å². The van der Waals surface area contributed by atoms with Gasteiger partial charge in [-0.3, -0.25) is 4.79 Å². The van der Waals surface area contributed by atoms with Crippen molar-refractivity contribution in [3.63, 3.8) is 0 Å². The molecule has 0 bridgehead atoms. The van der Waals surface area contributed by atoms with E-state index in [0.717, 1.165) is 25.1 Å². The molecule has 2 N–H and O–H groups in total. The monoisotopic (exact) mass is 347 g/mol. The molecule has 0 fully saturated rings. The van der Waals surface area contributed by atoms with Gasteiger partial charge in [0.05, 0.1) is 0 Å². The lowest BCUT2D eigenvalue weighted by Gasteiger charge is -2.10. The Labute approximate surface area is 147 Å². The number of rotatable bonds is 7. The Morgan fingerprint density at radius 3 is 2.75 bits per heavy atom. The van der Waals surface area contributed by atoms with E-state index in [1.165, 1.54) is 6.33 Å². The topological polar surface area (TPSA) is 70.2 Å². The van der Waals surface area contributed by atoms with E-state index in [2.05, 4.69) is 25.5 Å². The van der Waals surface area contributed by atoms with Crippen molar-refractivity contribution in [3.05, 3.63) is 46.9 Å². The van der Waals surface area contributed by atoms with E-state index in [-0.39, 0.29) is 5.91 Å². The molecule has 2 aromatic rings. The van der Waals surface area contributed by atoms with Crippen LogP contribution in [0, 0.1) is 6.92 Å². The summed E-state index contributed by atoms with van der Waals surface area (Å²) < 4.78 is 0. The van der Waals surface area contributed by atoms with Crippen molar-refractivity contribution in [2.24, 2.45) is 0 Å². The largest absolute Gasteiger partial charge is 0.370 e. The van der Waals surface area contributed by atoms with Crippen LogP contribution in [0.2, 0.25) is 5.02 Å². The van der Waals surface area contributed by atoms with E-state index >= 15 is 0 Å². The number of amides is 1. The third-order valence-electron chi connectivity index (χ3n) is 3.42. The third-order valence-corrected chi connectivity index (χ3v) is 3.82. The van der Waals surface area contributed by atoms with Crippen LogP contribution in [0.5, 0.6) is 0 Å². The third kappa shape index (κ3) is 5.47. The molecule has 0 saturated heterocycles. The zero-order chi connectivity index (χ0) is 17.5. The molecule has 0 aliphatic heterocycles. The van der Waals surface area contributed by atoms with Gasteiger partial charge in [-0.05, 0) is 51.7 Å². The summed E-state index contributed by atoms with van der Waals surface area (Å²) in [7, 11) is 4.06. The van der Waals surface area contributed by atoms with Crippen LogP contribution in [0.25, 0.3) is 0 Å². The van der Waals surface area contributed by atoms with E-state index in [1.54, 1.807) is 18.2 Å². The van der Waals surface area contributed by atoms with E-state index in [0.29, 0.717) is 22.2 Å². The Morgan fingerprint density at radius 2 is 2.04 bits per heavy atom. The predicted molar refractivity (Wildman–Crippen MR) is 97.8 cm³/mol. The highest BCUT2D eigenvalue weighted by atomic mass is 35.5. The zero-order valence-electron chi connectivity index (χ0n) is 14.1. The molecular formula is C17H22ClN5O. The molecule has 6 nitrogen and oxygen atoms in total. The summed E-state index contributed by atoms with van der Waals surface area (Å²) in [6.07, 6.45) is 2.37. The summed E-state index contributed by atoms with van der Waals surface area (Å²) in [5, 5.41) is 6.59. The SMILES string of the molecule is Cc1ccc(NC(=O)c2cc(NCCCN(C)C)ncn2)cc1Cl. The lowest BCUT2D eigenvalue weighted by Crippen LogP contribution is -2.17. The number of aromatic nitrogens is 2. The summed E-state index contributed by atoms with van der Waals surface area (Å²) in [5.74, 6) is 0.338. The molecule has 2 rings (SSSR count). The fourth-order valence-corrected chi connectivity index (χ4v) is 2.24. The summed E-state index contributed by atoms with van der Waals surface area (Å²) in [5.41, 5.74) is 1.90. The first-order chi connectivity index (χ1) is 11.5. The molecule has 0 aliphatic carbocycles. The highest BCUT2D eigenvalue weighted by Crippen LogP contribution is 2.20. The van der Waals surface area contributed by atoms with Crippen LogP contribution in [-0.4, -0.2) is 48.0 Å². The maximum atomic E-state index is 12.3. The molecule has 24 heavy (non-hydrogen) atoms. The van der Waals surface area contributed by atoms with Crippen molar-refractivity contribution in [2.75, 3.05) is 37.8 Å². The van der Waals surface area contributed by atoms with Crippen molar-refractivity contribution in [2.45, 2.75) is 13.3 Å². The van der Waals surface area contributed by atoms with Crippen LogP contribution in [0.4, 0.5) is 11.5 Å². The minimum atomic E-state index is -0.298. The van der Waals surface area contributed by atoms with Crippen LogP contribution in [0.15, 0.2) is 30.6 Å². The number of nitrogens with one attached hydrogen (secondary N) is 2. The average molecular weight is 348 g/mol. The van der Waals surface area contributed by atoms with Gasteiger partial charge < -0.3 is 15.5 Å². The molecule has 0 unspecified atom stereocenters. The molecule has 0 spiro atoms. The molecule has 0 saturated carbocycles. The number of hydrogen-bond donors (Lipinski definition) is 2. The van der Waals surface area contributed by atoms with Crippen LogP contribution in [0.1, 0.15) is 22.5 Å². The molecule has 1 aromatic carbocycles. The highest BCUT2D eigenvalue weighted by Gasteiger charge is 2.10. The number of hydrogen-bond acceptors (Lipinski definition) is 5. The first-order valence-electron chi connectivity index (χ1n) is 7.74. The van der Waals surface area contributed by atoms with Crippen LogP contribution >= 0.6 is 11.6 Å². The Hall–Kier alpha value is -2.18. The lowest BCUT2D eigenvalue weighted by atomic mass is 10.2. The Balaban J connectivity index is 1.96. The summed E-state index contributed by atoms with van der Waals surface area (Å²) >= 11 is 6.07. The summed E-state index contributed by atoms with van der Waals surface area (Å²) in [6, 6.07) is 7.02. The van der Waals surface area contributed by atoms with Crippen LogP contribution in [-0.2, 0) is 0 Å². The van der Waals surface area contributed by atoms with E-state index in [9.17, 15) is 4.79 Å². The quantitative estimate of drug-likeness (QED) is 0.753. The second-order valence-electron chi connectivity index (χ2n) is 5.79. The Morgan fingerprint density at radius 1 is 1.25 bits per heavy atom. The first-order valence-corrected chi connectivity index (χ1v) is 8.11. The van der Waals surface area contributed by atoms with Gasteiger partial charge in [0.25, 0.3) is 5.91 Å². The van der Waals surface area contributed by atoms with Crippen molar-refractivity contribution in [3.8, 4) is 0 Å². The number of anilines is 2. The maximum absolute atomic E-state index is 12.3. The number of carbonyl (C=O) groups excluding carboxylic acids is 1. The second-order valence-corrected chi connectivity index (χ2v) is 6.20. The van der Waals surface area contributed by atoms with E-state index < -0.39 is 0 Å². The van der Waals surface area contributed by atoms with Gasteiger partial charge in [-0.15, -0.1) is 0 Å². The number of nitrogens with zero attached hydrogens (tertiary/aromatic N) is 3. The number of halogens is 1. The van der Waals surface area contributed by atoms with E-state index in [4.69, 9.17) is 11.6 Å². The van der Waals surface area contributed by atoms with Crippen molar-refractivity contribution in [1.29, 1.82) is 0 Å². The predicted octanol–water partition coefficient (Wildman–Crippen LogP) is 3.05. The summed E-state index contributed by atoms with van der Waals surface area (Å²) in [6.45, 7) is 3.68. The number of benzene rings is 1. The van der Waals surface area contributed by atoms with Crippen molar-refractivity contribution in [1.82, 2.24) is 14.9 Å². The summed E-state index contributed by atoms with van der Waals surface area (Å²) in [4.78, 5) is 22.6. The Bertz CT molecular complexity index is 705. The van der Waals surface area contributed by atoms with Crippen molar-refractivity contribution < 1.29 is 4.79 Å². The van der Waals surface area contributed by atoms with Gasteiger partial charge in [-0.25, -0.2) is 9.97 Å². The molecule has 0 aliphatic rings. The minimum Gasteiger partial charge on any atom is -0.370 e. The molecule has 1 heterocycles. The normalized spacial score (nSPS) is 10.7. The minimum absolute atomic E-state index is 0.298. The molecule has 7 heteroatoms. The van der Waals surface area contributed by atoms with Gasteiger partial charge in [0, 0.05) is 23.3 Å². The zero-order valence-corrected chi connectivity index (χ0v) is 14.9. The van der Waals surface area contributed by atoms with Gasteiger partial charge in [-0.2, -0.15) is 0 Å². The van der Waals surface area contributed by atoms with Crippen molar-refractivity contribution >= 4 is 29.0 Å². The maximum Gasteiger partial charge on any atom is 0.274 e. The smallest absolute Gasteiger partial charge is 0.274 e. The van der Waals surface area contributed by atoms with Gasteiger partial charge in [0.15, 0.2) is 0 Å². The fourth-order valence-electron chi connectivity index (χ4n) is 2.06. The van der Waals surface area contributed by atoms with Gasteiger partial charge in [-0.1, -0.05) is 17.7 Å². The highest BCUT2D eigenvalue weighted by molar-refractivity contribution is 6.31. The average Bonchev–Trinajstić information content (AvgIpc) is 2.55. The number of carbonyl (C=O) groups is 1. The molecule has 1 amide bonds. The molecule has 0 atom stereocenters.